The molecule has 0 aliphatic heterocycles. The van der Waals surface area contributed by atoms with Gasteiger partial charge in [0.2, 0.25) is 0 Å². The molecule has 7 heteroatoms. The number of halogens is 1. The van der Waals surface area contributed by atoms with Gasteiger partial charge < -0.3 is 14.6 Å². The number of ketones is 1. The number of carbonyl (C=O) groups excluding carboxylic acids is 3. The number of hydrogen-bond donors (Lipinski definition) is 1. The first-order valence-electron chi connectivity index (χ1n) is 10.3. The molecule has 1 aliphatic rings. The lowest BCUT2D eigenvalue weighted by molar-refractivity contribution is -0.174. The Labute approximate surface area is 176 Å². The number of benzene rings is 1. The van der Waals surface area contributed by atoms with E-state index in [4.69, 9.17) is 9.47 Å². The van der Waals surface area contributed by atoms with Crippen LogP contribution in [0.1, 0.15) is 52.5 Å². The van der Waals surface area contributed by atoms with Gasteiger partial charge in [0.25, 0.3) is 0 Å². The maximum Gasteiger partial charge on any atom is 0.317 e. The van der Waals surface area contributed by atoms with E-state index in [1.54, 1.807) is 0 Å². The fourth-order valence-electron chi connectivity index (χ4n) is 3.81. The molecular formula is C23H31FO6. The molecule has 1 aliphatic carbocycles. The molecule has 4 atom stereocenters. The first-order valence-corrected chi connectivity index (χ1v) is 10.3. The van der Waals surface area contributed by atoms with Gasteiger partial charge in [0.1, 0.15) is 11.7 Å². The van der Waals surface area contributed by atoms with Crippen LogP contribution in [-0.4, -0.2) is 41.6 Å². The van der Waals surface area contributed by atoms with Gasteiger partial charge in [-0.2, -0.15) is 0 Å². The van der Waals surface area contributed by atoms with E-state index in [0.29, 0.717) is 0 Å². The molecule has 1 aromatic rings. The topological polar surface area (TPSA) is 89.9 Å². The van der Waals surface area contributed by atoms with Gasteiger partial charge in [0, 0.05) is 12.3 Å². The third-order valence-electron chi connectivity index (χ3n) is 5.13. The highest BCUT2D eigenvalue weighted by Gasteiger charge is 2.57. The quantitative estimate of drug-likeness (QED) is 0.536. The van der Waals surface area contributed by atoms with Crippen LogP contribution in [-0.2, 0) is 23.9 Å². The zero-order chi connectivity index (χ0) is 22.6. The van der Waals surface area contributed by atoms with Crippen molar-refractivity contribution in [3.63, 3.8) is 0 Å². The molecule has 2 rings (SSSR count). The Kier molecular flexibility index (Phi) is 7.75. The molecular weight excluding hydrogens is 391 g/mol. The summed E-state index contributed by atoms with van der Waals surface area (Å²) in [7, 11) is 0. The molecule has 1 saturated carbocycles. The Morgan fingerprint density at radius 1 is 1.13 bits per heavy atom. The van der Waals surface area contributed by atoms with Gasteiger partial charge in [-0.05, 0) is 36.5 Å². The van der Waals surface area contributed by atoms with Crippen LogP contribution in [0.3, 0.4) is 0 Å². The molecule has 1 aromatic carbocycles. The molecule has 30 heavy (non-hydrogen) atoms. The summed E-state index contributed by atoms with van der Waals surface area (Å²) in [5.41, 5.74) is -1.49. The Bertz CT molecular complexity index is 786. The Hall–Kier alpha value is -2.28. The highest BCUT2D eigenvalue weighted by atomic mass is 19.1. The number of aliphatic hydroxyl groups is 1. The Morgan fingerprint density at radius 3 is 2.23 bits per heavy atom. The van der Waals surface area contributed by atoms with Crippen molar-refractivity contribution in [2.45, 2.75) is 52.6 Å². The lowest BCUT2D eigenvalue weighted by Gasteiger charge is -2.43. The van der Waals surface area contributed by atoms with Crippen LogP contribution >= 0.6 is 0 Å². The van der Waals surface area contributed by atoms with Crippen molar-refractivity contribution in [1.29, 1.82) is 0 Å². The van der Waals surface area contributed by atoms with Crippen LogP contribution in [0.25, 0.3) is 0 Å². The van der Waals surface area contributed by atoms with Crippen molar-refractivity contribution in [3.05, 3.63) is 35.6 Å². The molecule has 0 heterocycles. The summed E-state index contributed by atoms with van der Waals surface area (Å²) in [6.45, 7) is 9.05. The first-order chi connectivity index (χ1) is 13.9. The minimum Gasteiger partial charge on any atom is -0.465 e. The van der Waals surface area contributed by atoms with Gasteiger partial charge in [0.05, 0.1) is 24.7 Å². The molecule has 0 radical (unpaired) electrons. The van der Waals surface area contributed by atoms with Gasteiger partial charge in [-0.15, -0.1) is 0 Å². The first kappa shape index (κ1) is 24.0. The van der Waals surface area contributed by atoms with Crippen LogP contribution in [0.2, 0.25) is 0 Å². The van der Waals surface area contributed by atoms with Crippen molar-refractivity contribution in [2.75, 3.05) is 13.2 Å². The maximum absolute atomic E-state index is 14.0. The van der Waals surface area contributed by atoms with Crippen LogP contribution in [0, 0.1) is 29.5 Å². The molecule has 0 spiro atoms. The lowest BCUT2D eigenvalue weighted by Crippen LogP contribution is -2.55. The summed E-state index contributed by atoms with van der Waals surface area (Å²) in [6, 6.07) is 5.37. The van der Waals surface area contributed by atoms with E-state index >= 15 is 0 Å². The molecule has 0 amide bonds. The van der Waals surface area contributed by atoms with E-state index in [1.165, 1.54) is 31.2 Å². The summed E-state index contributed by atoms with van der Waals surface area (Å²) in [5.74, 6) is -6.17. The molecule has 0 aromatic heterocycles. The number of carbonyl (C=O) groups is 3. The Morgan fingerprint density at radius 2 is 1.70 bits per heavy atom. The van der Waals surface area contributed by atoms with E-state index in [9.17, 15) is 23.9 Å². The normalized spacial score (nSPS) is 26.7. The standard InChI is InChI=1S/C23H31FO6/c1-13(2)11-29-21(26)19-17(25)10-23(5,28)20(22(27)30-12-14(3)4)18(19)15-7-6-8-16(24)9-15/h6-9,13-14,18-20,28H,10-12H2,1-5H3. The lowest BCUT2D eigenvalue weighted by atomic mass is 9.61. The number of hydrogen-bond acceptors (Lipinski definition) is 6. The summed E-state index contributed by atoms with van der Waals surface area (Å²) in [5, 5.41) is 11.0. The van der Waals surface area contributed by atoms with Crippen molar-refractivity contribution >= 4 is 17.7 Å². The highest BCUT2D eigenvalue weighted by molar-refractivity contribution is 6.02. The second-order valence-corrected chi connectivity index (χ2v) is 9.08. The fourth-order valence-corrected chi connectivity index (χ4v) is 3.81. The summed E-state index contributed by atoms with van der Waals surface area (Å²) < 4.78 is 24.7. The minimum absolute atomic E-state index is 0.0511. The smallest absolute Gasteiger partial charge is 0.317 e. The number of Topliss-reactive ketones (excluding diaryl/α,β-unsaturated/α-hetero) is 1. The van der Waals surface area contributed by atoms with Crippen LogP contribution in [0.15, 0.2) is 24.3 Å². The average molecular weight is 422 g/mol. The zero-order valence-electron chi connectivity index (χ0n) is 18.2. The minimum atomic E-state index is -1.75. The van der Waals surface area contributed by atoms with Gasteiger partial charge in [-0.25, -0.2) is 4.39 Å². The maximum atomic E-state index is 14.0. The van der Waals surface area contributed by atoms with Crippen LogP contribution in [0.4, 0.5) is 4.39 Å². The number of ether oxygens (including phenoxy) is 2. The molecule has 0 bridgehead atoms. The number of rotatable bonds is 7. The second-order valence-electron chi connectivity index (χ2n) is 9.08. The molecule has 4 unspecified atom stereocenters. The van der Waals surface area contributed by atoms with Crippen LogP contribution < -0.4 is 0 Å². The third kappa shape index (κ3) is 5.65. The third-order valence-corrected chi connectivity index (χ3v) is 5.13. The van der Waals surface area contributed by atoms with E-state index in [-0.39, 0.29) is 30.6 Å². The highest BCUT2D eigenvalue weighted by Crippen LogP contribution is 2.46. The van der Waals surface area contributed by atoms with E-state index < -0.39 is 53.3 Å². The van der Waals surface area contributed by atoms with E-state index in [2.05, 4.69) is 0 Å². The van der Waals surface area contributed by atoms with Gasteiger partial charge in [-0.1, -0.05) is 39.8 Å². The molecule has 0 saturated heterocycles. The predicted molar refractivity (Wildman–Crippen MR) is 108 cm³/mol. The molecule has 166 valence electrons. The number of esters is 2. The SMILES string of the molecule is CC(C)COC(=O)C1C(=O)CC(C)(O)C(C(=O)OCC(C)C)C1c1cccc(F)c1. The monoisotopic (exact) mass is 422 g/mol. The largest absolute Gasteiger partial charge is 0.465 e. The van der Waals surface area contributed by atoms with Crippen molar-refractivity contribution in [2.24, 2.45) is 23.7 Å². The fraction of sp³-hybridized carbons (Fsp3) is 0.609. The summed E-state index contributed by atoms with van der Waals surface area (Å²) >= 11 is 0. The zero-order valence-corrected chi connectivity index (χ0v) is 18.2. The van der Waals surface area contributed by atoms with Crippen molar-refractivity contribution in [3.8, 4) is 0 Å². The van der Waals surface area contributed by atoms with E-state index in [1.807, 2.05) is 27.7 Å². The molecule has 1 fully saturated rings. The summed E-state index contributed by atoms with van der Waals surface area (Å²) in [4.78, 5) is 38.7. The van der Waals surface area contributed by atoms with Gasteiger partial charge in [-0.3, -0.25) is 14.4 Å². The average Bonchev–Trinajstić information content (AvgIpc) is 2.62. The van der Waals surface area contributed by atoms with Crippen LogP contribution in [0.5, 0.6) is 0 Å². The second kappa shape index (κ2) is 9.69. The van der Waals surface area contributed by atoms with Crippen molar-refractivity contribution in [1.82, 2.24) is 0 Å². The summed E-state index contributed by atoms with van der Waals surface area (Å²) in [6.07, 6.45) is -0.401. The molecule has 6 nitrogen and oxygen atoms in total. The van der Waals surface area contributed by atoms with E-state index in [0.717, 1.165) is 0 Å². The molecule has 1 N–H and O–H groups in total. The predicted octanol–water partition coefficient (Wildman–Crippen LogP) is 3.26. The van der Waals surface area contributed by atoms with Gasteiger partial charge in [0.15, 0.2) is 5.78 Å². The Balaban J connectivity index is 2.53. The van der Waals surface area contributed by atoms with Gasteiger partial charge >= 0.3 is 11.9 Å². The van der Waals surface area contributed by atoms with Crippen molar-refractivity contribution < 1.29 is 33.4 Å².